The molecule has 2 fully saturated rings. The van der Waals surface area contributed by atoms with Gasteiger partial charge >= 0.3 is 0 Å². The first-order valence-corrected chi connectivity index (χ1v) is 8.57. The van der Waals surface area contributed by atoms with Crippen LogP contribution in [0.3, 0.4) is 0 Å². The molecule has 128 valence electrons. The summed E-state index contributed by atoms with van der Waals surface area (Å²) in [6.07, 6.45) is 4.77. The van der Waals surface area contributed by atoms with E-state index in [0.29, 0.717) is 12.1 Å². The van der Waals surface area contributed by atoms with Crippen molar-refractivity contribution in [2.75, 3.05) is 27.9 Å². The predicted octanol–water partition coefficient (Wildman–Crippen LogP) is 3.16. The van der Waals surface area contributed by atoms with E-state index in [4.69, 9.17) is 14.2 Å². The summed E-state index contributed by atoms with van der Waals surface area (Å²) >= 11 is 0. The van der Waals surface area contributed by atoms with Crippen LogP contribution >= 0.6 is 0 Å². The molecular weight excluding hydrogens is 290 g/mol. The van der Waals surface area contributed by atoms with Crippen LogP contribution < -0.4 is 4.74 Å². The standard InChI is InChI=1S/C19H29NO3/c1-14-11-15(5-6-17(14)22-3)13-20-10-9-19(23-4)8-7-16(21-2)12-18(19)20/h5-6,11,16,18H,7-10,12-13H2,1-4H3/t16-,18-,19+/m0/s1. The van der Waals surface area contributed by atoms with E-state index in [1.807, 2.05) is 14.2 Å². The van der Waals surface area contributed by atoms with E-state index in [1.54, 1.807) is 7.11 Å². The molecule has 0 N–H and O–H groups in total. The van der Waals surface area contributed by atoms with Gasteiger partial charge in [-0.1, -0.05) is 12.1 Å². The minimum atomic E-state index is 0.0244. The van der Waals surface area contributed by atoms with Gasteiger partial charge < -0.3 is 14.2 Å². The first-order valence-electron chi connectivity index (χ1n) is 8.57. The van der Waals surface area contributed by atoms with Gasteiger partial charge in [0, 0.05) is 33.4 Å². The van der Waals surface area contributed by atoms with Crippen molar-refractivity contribution >= 4 is 0 Å². The van der Waals surface area contributed by atoms with Gasteiger partial charge in [-0.15, -0.1) is 0 Å². The summed E-state index contributed by atoms with van der Waals surface area (Å²) in [5.41, 5.74) is 2.56. The summed E-state index contributed by atoms with van der Waals surface area (Å²) in [5, 5.41) is 0. The lowest BCUT2D eigenvalue weighted by Gasteiger charge is -2.43. The maximum absolute atomic E-state index is 6.01. The zero-order valence-electron chi connectivity index (χ0n) is 14.8. The number of hydrogen-bond donors (Lipinski definition) is 0. The zero-order chi connectivity index (χ0) is 16.4. The summed E-state index contributed by atoms with van der Waals surface area (Å²) in [7, 11) is 5.43. The molecule has 0 spiro atoms. The van der Waals surface area contributed by atoms with Crippen LogP contribution in [0.1, 0.15) is 36.8 Å². The first kappa shape index (κ1) is 16.7. The van der Waals surface area contributed by atoms with Crippen molar-refractivity contribution in [3.05, 3.63) is 29.3 Å². The van der Waals surface area contributed by atoms with Crippen LogP contribution in [0.5, 0.6) is 5.75 Å². The molecule has 1 aromatic carbocycles. The number of aryl methyl sites for hydroxylation is 1. The van der Waals surface area contributed by atoms with E-state index < -0.39 is 0 Å². The summed E-state index contributed by atoms with van der Waals surface area (Å²) in [6.45, 7) is 4.17. The van der Waals surface area contributed by atoms with E-state index in [-0.39, 0.29) is 5.60 Å². The number of methoxy groups -OCH3 is 3. The van der Waals surface area contributed by atoms with Gasteiger partial charge in [-0.2, -0.15) is 0 Å². The number of ether oxygens (including phenoxy) is 3. The predicted molar refractivity (Wildman–Crippen MR) is 90.9 cm³/mol. The molecule has 23 heavy (non-hydrogen) atoms. The third kappa shape index (κ3) is 3.12. The molecular formula is C19H29NO3. The van der Waals surface area contributed by atoms with E-state index in [2.05, 4.69) is 30.0 Å². The van der Waals surface area contributed by atoms with Crippen LogP contribution in [0, 0.1) is 6.92 Å². The van der Waals surface area contributed by atoms with Gasteiger partial charge in [0.1, 0.15) is 5.75 Å². The Kier molecular flexibility index (Phi) is 4.95. The maximum Gasteiger partial charge on any atom is 0.121 e. The normalized spacial score (nSPS) is 31.1. The van der Waals surface area contributed by atoms with Crippen LogP contribution in [0.4, 0.5) is 0 Å². The van der Waals surface area contributed by atoms with E-state index in [1.165, 1.54) is 11.1 Å². The fourth-order valence-electron chi connectivity index (χ4n) is 4.43. The molecule has 1 saturated carbocycles. The Labute approximate surface area is 139 Å². The Bertz CT molecular complexity index is 547. The third-order valence-corrected chi connectivity index (χ3v) is 5.83. The highest BCUT2D eigenvalue weighted by molar-refractivity contribution is 5.36. The molecule has 0 bridgehead atoms. The van der Waals surface area contributed by atoms with Gasteiger partial charge in [0.15, 0.2) is 0 Å². The number of hydrogen-bond acceptors (Lipinski definition) is 4. The Hall–Kier alpha value is -1.10. The smallest absolute Gasteiger partial charge is 0.121 e. The van der Waals surface area contributed by atoms with Crippen molar-refractivity contribution in [1.82, 2.24) is 4.90 Å². The van der Waals surface area contributed by atoms with Gasteiger partial charge in [-0.3, -0.25) is 4.90 Å². The number of likely N-dealkylation sites (tertiary alicyclic amines) is 1. The van der Waals surface area contributed by atoms with Crippen molar-refractivity contribution < 1.29 is 14.2 Å². The topological polar surface area (TPSA) is 30.9 Å². The Morgan fingerprint density at radius 1 is 1.22 bits per heavy atom. The quantitative estimate of drug-likeness (QED) is 0.834. The molecule has 1 aliphatic carbocycles. The summed E-state index contributed by atoms with van der Waals surface area (Å²) < 4.78 is 17.0. The average molecular weight is 319 g/mol. The number of fused-ring (bicyclic) bond motifs is 1. The molecule has 1 saturated heterocycles. The fraction of sp³-hybridized carbons (Fsp3) is 0.684. The van der Waals surface area contributed by atoms with Crippen LogP contribution in [0.25, 0.3) is 0 Å². The molecule has 0 radical (unpaired) electrons. The van der Waals surface area contributed by atoms with Gasteiger partial charge in [0.2, 0.25) is 0 Å². The summed E-state index contributed by atoms with van der Waals surface area (Å²) in [4.78, 5) is 2.58. The van der Waals surface area contributed by atoms with Crippen molar-refractivity contribution in [1.29, 1.82) is 0 Å². The number of rotatable bonds is 5. The van der Waals surface area contributed by atoms with Crippen LogP contribution in [0.2, 0.25) is 0 Å². The van der Waals surface area contributed by atoms with Crippen molar-refractivity contribution in [2.24, 2.45) is 0 Å². The molecule has 0 aromatic heterocycles. The lowest BCUT2D eigenvalue weighted by atomic mass is 9.79. The number of nitrogens with zero attached hydrogens (tertiary/aromatic N) is 1. The lowest BCUT2D eigenvalue weighted by molar-refractivity contribution is -0.0947. The Morgan fingerprint density at radius 3 is 2.70 bits per heavy atom. The molecule has 4 heteroatoms. The zero-order valence-corrected chi connectivity index (χ0v) is 14.8. The largest absolute Gasteiger partial charge is 0.496 e. The van der Waals surface area contributed by atoms with Gasteiger partial charge in [-0.05, 0) is 49.8 Å². The van der Waals surface area contributed by atoms with E-state index in [9.17, 15) is 0 Å². The molecule has 3 atom stereocenters. The summed E-state index contributed by atoms with van der Waals surface area (Å²) in [5.74, 6) is 0.957. The molecule has 0 unspecified atom stereocenters. The molecule has 4 nitrogen and oxygen atoms in total. The SMILES string of the molecule is COc1ccc(CN2CC[C@]3(OC)CC[C@H](OC)C[C@H]23)cc1C. The molecule has 1 heterocycles. The monoisotopic (exact) mass is 319 g/mol. The number of benzene rings is 1. The second-order valence-corrected chi connectivity index (χ2v) is 6.94. The average Bonchev–Trinajstić information content (AvgIpc) is 2.93. The Balaban J connectivity index is 1.76. The second-order valence-electron chi connectivity index (χ2n) is 6.94. The van der Waals surface area contributed by atoms with Crippen LogP contribution in [-0.4, -0.2) is 50.5 Å². The van der Waals surface area contributed by atoms with Crippen molar-refractivity contribution in [3.8, 4) is 5.75 Å². The summed E-state index contributed by atoms with van der Waals surface area (Å²) in [6, 6.07) is 6.94. The van der Waals surface area contributed by atoms with Crippen molar-refractivity contribution in [2.45, 2.75) is 56.9 Å². The van der Waals surface area contributed by atoms with E-state index >= 15 is 0 Å². The minimum Gasteiger partial charge on any atom is -0.496 e. The van der Waals surface area contributed by atoms with E-state index in [0.717, 1.165) is 44.5 Å². The lowest BCUT2D eigenvalue weighted by Crippen LogP contribution is -2.51. The van der Waals surface area contributed by atoms with Crippen LogP contribution in [0.15, 0.2) is 18.2 Å². The molecule has 2 aliphatic rings. The molecule has 3 rings (SSSR count). The first-order chi connectivity index (χ1) is 11.1. The Morgan fingerprint density at radius 2 is 2.04 bits per heavy atom. The third-order valence-electron chi connectivity index (χ3n) is 5.83. The van der Waals surface area contributed by atoms with Gasteiger partial charge in [0.25, 0.3) is 0 Å². The molecule has 0 amide bonds. The second kappa shape index (κ2) is 6.80. The van der Waals surface area contributed by atoms with Gasteiger partial charge in [0.05, 0.1) is 18.8 Å². The molecule has 1 aliphatic heterocycles. The fourth-order valence-corrected chi connectivity index (χ4v) is 4.43. The maximum atomic E-state index is 6.01. The highest BCUT2D eigenvalue weighted by atomic mass is 16.5. The highest BCUT2D eigenvalue weighted by Gasteiger charge is 2.50. The molecule has 1 aromatic rings. The minimum absolute atomic E-state index is 0.0244. The van der Waals surface area contributed by atoms with Crippen molar-refractivity contribution in [3.63, 3.8) is 0 Å². The van der Waals surface area contributed by atoms with Gasteiger partial charge in [-0.25, -0.2) is 0 Å². The highest BCUT2D eigenvalue weighted by Crippen LogP contribution is 2.43. The van der Waals surface area contributed by atoms with Crippen LogP contribution in [-0.2, 0) is 16.0 Å².